The van der Waals surface area contributed by atoms with Crippen molar-refractivity contribution in [1.82, 2.24) is 14.2 Å². The smallest absolute Gasteiger partial charge is 0.244 e. The van der Waals surface area contributed by atoms with Gasteiger partial charge < -0.3 is 14.6 Å². The Balaban J connectivity index is 2.99. The van der Waals surface area contributed by atoms with Gasteiger partial charge in [-0.2, -0.15) is 0 Å². The van der Waals surface area contributed by atoms with Gasteiger partial charge in [0.05, 0.1) is 0 Å². The van der Waals surface area contributed by atoms with Crippen LogP contribution in [-0.2, 0) is 21.3 Å². The van der Waals surface area contributed by atoms with Crippen molar-refractivity contribution in [1.29, 1.82) is 0 Å². The van der Waals surface area contributed by atoms with Crippen LogP contribution in [0.25, 0.3) is 0 Å². The zero-order valence-electron chi connectivity index (χ0n) is 13.6. The van der Waals surface area contributed by atoms with Gasteiger partial charge in [-0.25, -0.2) is 12.7 Å². The second kappa shape index (κ2) is 7.93. The molecule has 0 spiro atoms. The average Bonchev–Trinajstić information content (AvgIpc) is 2.84. The molecule has 0 saturated carbocycles. The van der Waals surface area contributed by atoms with Crippen molar-refractivity contribution in [3.8, 4) is 0 Å². The largest absolute Gasteiger partial charge is 0.385 e. The fraction of sp³-hybridized carbons (Fsp3) is 0.714. The van der Waals surface area contributed by atoms with E-state index in [0.29, 0.717) is 31.0 Å². The highest BCUT2D eigenvalue weighted by Crippen LogP contribution is 2.21. The first-order chi connectivity index (χ1) is 9.84. The number of aromatic nitrogens is 1. The Hall–Kier alpha value is -0.890. The molecule has 1 aromatic rings. The van der Waals surface area contributed by atoms with Crippen LogP contribution >= 0.6 is 0 Å². The van der Waals surface area contributed by atoms with Gasteiger partial charge in [0, 0.05) is 51.8 Å². The molecule has 0 atom stereocenters. The van der Waals surface area contributed by atoms with Crippen molar-refractivity contribution in [3.63, 3.8) is 0 Å². The summed E-state index contributed by atoms with van der Waals surface area (Å²) in [5.41, 5.74) is 0.969. The van der Waals surface area contributed by atoms with Crippen molar-refractivity contribution in [3.05, 3.63) is 18.0 Å². The molecule has 1 aromatic heterocycles. The number of nitrogens with one attached hydrogen (secondary N) is 1. The van der Waals surface area contributed by atoms with Gasteiger partial charge in [-0.05, 0) is 33.4 Å². The minimum atomic E-state index is -3.44. The van der Waals surface area contributed by atoms with E-state index < -0.39 is 10.0 Å². The SMILES string of the molecule is CNCc1cc(S(=O)(=O)N(C)CCCOC)cn1C(C)C. The maximum atomic E-state index is 12.6. The van der Waals surface area contributed by atoms with Gasteiger partial charge >= 0.3 is 0 Å². The standard InChI is InChI=1S/C14H27N3O3S/c1-12(2)17-11-14(9-13(17)10-15-3)21(18,19)16(4)7-6-8-20-5/h9,11-12,15H,6-8,10H2,1-5H3. The third-order valence-electron chi connectivity index (χ3n) is 3.35. The summed E-state index contributed by atoms with van der Waals surface area (Å²) in [7, 11) is 1.63. The second-order valence-electron chi connectivity index (χ2n) is 5.37. The van der Waals surface area contributed by atoms with Gasteiger partial charge in [0.15, 0.2) is 0 Å². The molecule has 0 unspecified atom stereocenters. The van der Waals surface area contributed by atoms with Gasteiger partial charge in [-0.15, -0.1) is 0 Å². The lowest BCUT2D eigenvalue weighted by Gasteiger charge is -2.16. The van der Waals surface area contributed by atoms with E-state index in [2.05, 4.69) is 5.32 Å². The lowest BCUT2D eigenvalue weighted by atomic mass is 10.3. The summed E-state index contributed by atoms with van der Waals surface area (Å²) in [5.74, 6) is 0. The van der Waals surface area contributed by atoms with Crippen LogP contribution in [0.1, 0.15) is 32.0 Å². The lowest BCUT2D eigenvalue weighted by molar-refractivity contribution is 0.189. The molecule has 1 rings (SSSR count). The van der Waals surface area contributed by atoms with Crippen LogP contribution in [0.4, 0.5) is 0 Å². The molecular weight excluding hydrogens is 290 g/mol. The molecule has 7 heteroatoms. The van der Waals surface area contributed by atoms with Crippen molar-refractivity contribution < 1.29 is 13.2 Å². The average molecular weight is 317 g/mol. The second-order valence-corrected chi connectivity index (χ2v) is 7.42. The molecule has 0 amide bonds. The van der Waals surface area contributed by atoms with E-state index >= 15 is 0 Å². The fourth-order valence-electron chi connectivity index (χ4n) is 2.17. The number of rotatable bonds is 9. The minimum Gasteiger partial charge on any atom is -0.385 e. The normalized spacial score (nSPS) is 12.5. The van der Waals surface area contributed by atoms with Gasteiger partial charge in [-0.1, -0.05) is 0 Å². The van der Waals surface area contributed by atoms with E-state index in [1.807, 2.05) is 25.5 Å². The van der Waals surface area contributed by atoms with E-state index in [1.165, 1.54) is 4.31 Å². The highest BCUT2D eigenvalue weighted by atomic mass is 32.2. The summed E-state index contributed by atoms with van der Waals surface area (Å²) in [6, 6.07) is 1.97. The molecular formula is C14H27N3O3S. The van der Waals surface area contributed by atoms with Crippen LogP contribution in [0, 0.1) is 0 Å². The fourth-order valence-corrected chi connectivity index (χ4v) is 3.43. The van der Waals surface area contributed by atoms with Crippen LogP contribution in [0.15, 0.2) is 17.2 Å². The molecule has 0 bridgehead atoms. The molecule has 6 nitrogen and oxygen atoms in total. The van der Waals surface area contributed by atoms with E-state index in [1.54, 1.807) is 26.4 Å². The predicted molar refractivity (Wildman–Crippen MR) is 83.9 cm³/mol. The molecule has 122 valence electrons. The van der Waals surface area contributed by atoms with Crippen LogP contribution in [0.2, 0.25) is 0 Å². The third-order valence-corrected chi connectivity index (χ3v) is 5.17. The first-order valence-corrected chi connectivity index (χ1v) is 8.59. The highest BCUT2D eigenvalue weighted by Gasteiger charge is 2.23. The number of nitrogens with zero attached hydrogens (tertiary/aromatic N) is 2. The molecule has 1 heterocycles. The Kier molecular flexibility index (Phi) is 6.86. The lowest BCUT2D eigenvalue weighted by Crippen LogP contribution is -2.28. The van der Waals surface area contributed by atoms with Crippen LogP contribution in [-0.4, -0.2) is 51.6 Å². The summed E-state index contributed by atoms with van der Waals surface area (Å²) in [6.45, 7) is 5.72. The Labute approximate surface area is 128 Å². The number of hydrogen-bond donors (Lipinski definition) is 1. The first-order valence-electron chi connectivity index (χ1n) is 7.15. The monoisotopic (exact) mass is 317 g/mol. The van der Waals surface area contributed by atoms with Crippen LogP contribution in [0.3, 0.4) is 0 Å². The number of methoxy groups -OCH3 is 1. The Morgan fingerprint density at radius 2 is 2.10 bits per heavy atom. The van der Waals surface area contributed by atoms with Crippen LogP contribution in [0.5, 0.6) is 0 Å². The Morgan fingerprint density at radius 1 is 1.43 bits per heavy atom. The summed E-state index contributed by atoms with van der Waals surface area (Å²) in [5, 5.41) is 3.07. The molecule has 0 aliphatic carbocycles. The number of sulfonamides is 1. The van der Waals surface area contributed by atoms with E-state index in [4.69, 9.17) is 4.74 Å². The minimum absolute atomic E-state index is 0.219. The van der Waals surface area contributed by atoms with Gasteiger partial charge in [0.1, 0.15) is 4.90 Å². The van der Waals surface area contributed by atoms with E-state index in [9.17, 15) is 8.42 Å². The predicted octanol–water partition coefficient (Wildman–Crippen LogP) is 1.45. The molecule has 0 fully saturated rings. The van der Waals surface area contributed by atoms with Gasteiger partial charge in [-0.3, -0.25) is 0 Å². The molecule has 0 radical (unpaired) electrons. The maximum Gasteiger partial charge on any atom is 0.244 e. The maximum absolute atomic E-state index is 12.6. The summed E-state index contributed by atoms with van der Waals surface area (Å²) in [4.78, 5) is 0.348. The summed E-state index contributed by atoms with van der Waals surface area (Å²) < 4.78 is 33.5. The summed E-state index contributed by atoms with van der Waals surface area (Å²) in [6.07, 6.45) is 2.40. The first kappa shape index (κ1) is 18.2. The molecule has 0 aliphatic heterocycles. The Morgan fingerprint density at radius 3 is 2.62 bits per heavy atom. The summed E-state index contributed by atoms with van der Waals surface area (Å²) >= 11 is 0. The van der Waals surface area contributed by atoms with Crippen molar-refractivity contribution in [2.45, 2.75) is 37.8 Å². The van der Waals surface area contributed by atoms with Crippen molar-refractivity contribution >= 4 is 10.0 Å². The van der Waals surface area contributed by atoms with Gasteiger partial charge in [0.25, 0.3) is 0 Å². The van der Waals surface area contributed by atoms with E-state index in [0.717, 1.165) is 5.69 Å². The molecule has 1 N–H and O–H groups in total. The number of hydrogen-bond acceptors (Lipinski definition) is 4. The van der Waals surface area contributed by atoms with E-state index in [-0.39, 0.29) is 6.04 Å². The van der Waals surface area contributed by atoms with Crippen LogP contribution < -0.4 is 5.32 Å². The topological polar surface area (TPSA) is 63.6 Å². The van der Waals surface area contributed by atoms with Crippen molar-refractivity contribution in [2.24, 2.45) is 0 Å². The van der Waals surface area contributed by atoms with Gasteiger partial charge in [0.2, 0.25) is 10.0 Å². The quantitative estimate of drug-likeness (QED) is 0.700. The molecule has 0 saturated heterocycles. The third kappa shape index (κ3) is 4.54. The molecule has 0 aromatic carbocycles. The Bertz CT molecular complexity index is 538. The zero-order chi connectivity index (χ0) is 16.0. The zero-order valence-corrected chi connectivity index (χ0v) is 14.4. The molecule has 0 aliphatic rings. The highest BCUT2D eigenvalue weighted by molar-refractivity contribution is 7.89. The molecule has 21 heavy (non-hydrogen) atoms. The van der Waals surface area contributed by atoms with Crippen molar-refractivity contribution in [2.75, 3.05) is 34.4 Å². The number of ether oxygens (including phenoxy) is 1.